The lowest BCUT2D eigenvalue weighted by molar-refractivity contribution is 0.223. The summed E-state index contributed by atoms with van der Waals surface area (Å²) in [5.74, 6) is 1.01. The Morgan fingerprint density at radius 1 is 1.70 bits per heavy atom. The smallest absolute Gasteiger partial charge is 0.284 e. The number of ether oxygens (including phenoxy) is 1. The maximum Gasteiger partial charge on any atom is 0.284 e. The van der Waals surface area contributed by atoms with E-state index in [1.54, 1.807) is 6.07 Å². The summed E-state index contributed by atoms with van der Waals surface area (Å²) >= 11 is 0. The molecule has 1 N–H and O–H groups in total. The molecule has 0 spiro atoms. The largest absolute Gasteiger partial charge is 0.468 e. The van der Waals surface area contributed by atoms with Crippen molar-refractivity contribution in [3.8, 4) is 5.95 Å². The molecule has 0 aromatic carbocycles. The lowest BCUT2D eigenvalue weighted by Gasteiger charge is -1.90. The highest BCUT2D eigenvalue weighted by Gasteiger charge is 2.04. The molecule has 0 fully saturated rings. The van der Waals surface area contributed by atoms with Crippen LogP contribution in [0.1, 0.15) is 11.3 Å². The van der Waals surface area contributed by atoms with Gasteiger partial charge >= 0.3 is 0 Å². The zero-order valence-corrected chi connectivity index (χ0v) is 6.05. The summed E-state index contributed by atoms with van der Waals surface area (Å²) in [6.07, 6.45) is 0. The van der Waals surface area contributed by atoms with Gasteiger partial charge < -0.3 is 14.3 Å². The van der Waals surface area contributed by atoms with E-state index in [0.717, 1.165) is 5.56 Å². The van der Waals surface area contributed by atoms with Crippen LogP contribution in [-0.2, 0) is 6.61 Å². The van der Waals surface area contributed by atoms with Crippen LogP contribution in [-0.4, -0.2) is 12.2 Å². The second-order valence-corrected chi connectivity index (χ2v) is 2.03. The number of hydrogen-bond acceptors (Lipinski definition) is 3. The Hall–Kier alpha value is -0.960. The molecule has 1 heterocycles. The molecule has 0 radical (unpaired) electrons. The number of aliphatic hydroxyl groups is 1. The van der Waals surface area contributed by atoms with Gasteiger partial charge in [0.05, 0.1) is 7.11 Å². The molecule has 0 saturated carbocycles. The van der Waals surface area contributed by atoms with Gasteiger partial charge in [-0.1, -0.05) is 0 Å². The maximum absolute atomic E-state index is 8.68. The molecule has 0 amide bonds. The van der Waals surface area contributed by atoms with Gasteiger partial charge in [-0.25, -0.2) is 0 Å². The predicted molar refractivity (Wildman–Crippen MR) is 35.9 cm³/mol. The molecule has 0 aliphatic rings. The number of methoxy groups -OCH3 is 1. The summed E-state index contributed by atoms with van der Waals surface area (Å²) in [5, 5.41) is 8.68. The van der Waals surface area contributed by atoms with Crippen LogP contribution in [0.4, 0.5) is 0 Å². The van der Waals surface area contributed by atoms with Gasteiger partial charge in [-0.05, 0) is 12.5 Å². The Morgan fingerprint density at radius 3 is 2.70 bits per heavy atom. The molecule has 0 aliphatic carbocycles. The van der Waals surface area contributed by atoms with E-state index in [0.29, 0.717) is 11.7 Å². The highest BCUT2D eigenvalue weighted by atomic mass is 16.6. The van der Waals surface area contributed by atoms with E-state index in [2.05, 4.69) is 0 Å². The van der Waals surface area contributed by atoms with E-state index in [1.807, 2.05) is 6.92 Å². The van der Waals surface area contributed by atoms with Crippen molar-refractivity contribution in [3.05, 3.63) is 17.4 Å². The summed E-state index contributed by atoms with van der Waals surface area (Å²) in [5.41, 5.74) is 0.916. The zero-order chi connectivity index (χ0) is 7.56. The Balaban J connectivity index is 2.92. The van der Waals surface area contributed by atoms with E-state index >= 15 is 0 Å². The first-order valence-corrected chi connectivity index (χ1v) is 3.02. The quantitative estimate of drug-likeness (QED) is 0.672. The SMILES string of the molecule is COc1cc(C)c(CO)o1. The first-order chi connectivity index (χ1) is 4.77. The predicted octanol–water partition coefficient (Wildman–Crippen LogP) is 1.09. The summed E-state index contributed by atoms with van der Waals surface area (Å²) in [6, 6.07) is 1.74. The zero-order valence-electron chi connectivity index (χ0n) is 6.05. The molecule has 10 heavy (non-hydrogen) atoms. The molecule has 1 aromatic rings. The first-order valence-electron chi connectivity index (χ1n) is 3.02. The van der Waals surface area contributed by atoms with E-state index in [-0.39, 0.29) is 6.61 Å². The molecule has 1 rings (SSSR count). The molecule has 0 unspecified atom stereocenters. The monoisotopic (exact) mass is 142 g/mol. The molecule has 0 bridgehead atoms. The molecule has 0 saturated heterocycles. The Bertz CT molecular complexity index is 215. The van der Waals surface area contributed by atoms with Crippen LogP contribution < -0.4 is 4.74 Å². The van der Waals surface area contributed by atoms with Gasteiger partial charge in [0.25, 0.3) is 5.95 Å². The van der Waals surface area contributed by atoms with Crippen LogP contribution in [0.3, 0.4) is 0 Å². The van der Waals surface area contributed by atoms with E-state index in [1.165, 1.54) is 7.11 Å². The van der Waals surface area contributed by atoms with Crippen molar-refractivity contribution in [1.82, 2.24) is 0 Å². The number of rotatable bonds is 2. The fourth-order valence-electron chi connectivity index (χ4n) is 0.746. The molecule has 1 aromatic heterocycles. The van der Waals surface area contributed by atoms with Crippen molar-refractivity contribution in [2.75, 3.05) is 7.11 Å². The number of aryl methyl sites for hydroxylation is 1. The third kappa shape index (κ3) is 1.14. The fourth-order valence-corrected chi connectivity index (χ4v) is 0.746. The van der Waals surface area contributed by atoms with Crippen LogP contribution in [0.25, 0.3) is 0 Å². The van der Waals surface area contributed by atoms with Crippen LogP contribution in [0.15, 0.2) is 10.5 Å². The van der Waals surface area contributed by atoms with Crippen molar-refractivity contribution in [2.45, 2.75) is 13.5 Å². The van der Waals surface area contributed by atoms with Gasteiger partial charge in [-0.3, -0.25) is 0 Å². The van der Waals surface area contributed by atoms with Gasteiger partial charge in [0.1, 0.15) is 12.4 Å². The second-order valence-electron chi connectivity index (χ2n) is 2.03. The minimum Gasteiger partial charge on any atom is -0.468 e. The van der Waals surface area contributed by atoms with Crippen LogP contribution in [0.2, 0.25) is 0 Å². The number of furan rings is 1. The first kappa shape index (κ1) is 7.15. The van der Waals surface area contributed by atoms with E-state index < -0.39 is 0 Å². The minimum absolute atomic E-state index is 0.0742. The maximum atomic E-state index is 8.68. The Morgan fingerprint density at radius 2 is 2.40 bits per heavy atom. The Labute approximate surface area is 59.2 Å². The van der Waals surface area contributed by atoms with Crippen LogP contribution in [0.5, 0.6) is 5.95 Å². The molecular weight excluding hydrogens is 132 g/mol. The normalized spacial score (nSPS) is 9.90. The van der Waals surface area contributed by atoms with Crippen molar-refractivity contribution < 1.29 is 14.3 Å². The number of aliphatic hydroxyl groups excluding tert-OH is 1. The average molecular weight is 142 g/mol. The number of hydrogen-bond donors (Lipinski definition) is 1. The summed E-state index contributed by atoms with van der Waals surface area (Å²) in [7, 11) is 1.53. The summed E-state index contributed by atoms with van der Waals surface area (Å²) < 4.78 is 9.84. The Kier molecular flexibility index (Phi) is 1.97. The van der Waals surface area contributed by atoms with Gasteiger partial charge in [-0.2, -0.15) is 0 Å². The molecule has 0 atom stereocenters. The van der Waals surface area contributed by atoms with E-state index in [4.69, 9.17) is 14.3 Å². The van der Waals surface area contributed by atoms with Gasteiger partial charge in [0.15, 0.2) is 0 Å². The highest BCUT2D eigenvalue weighted by molar-refractivity contribution is 5.22. The topological polar surface area (TPSA) is 42.6 Å². The summed E-state index contributed by atoms with van der Waals surface area (Å²) in [4.78, 5) is 0. The minimum atomic E-state index is -0.0742. The lowest BCUT2D eigenvalue weighted by atomic mass is 10.3. The van der Waals surface area contributed by atoms with Crippen molar-refractivity contribution in [1.29, 1.82) is 0 Å². The molecule has 56 valence electrons. The van der Waals surface area contributed by atoms with Gasteiger partial charge in [-0.15, -0.1) is 0 Å². The van der Waals surface area contributed by atoms with Gasteiger partial charge in [0.2, 0.25) is 0 Å². The molecule has 3 nitrogen and oxygen atoms in total. The van der Waals surface area contributed by atoms with Crippen molar-refractivity contribution in [2.24, 2.45) is 0 Å². The highest BCUT2D eigenvalue weighted by Crippen LogP contribution is 2.20. The van der Waals surface area contributed by atoms with Crippen molar-refractivity contribution in [3.63, 3.8) is 0 Å². The third-order valence-electron chi connectivity index (χ3n) is 1.34. The van der Waals surface area contributed by atoms with Crippen molar-refractivity contribution >= 4 is 0 Å². The van der Waals surface area contributed by atoms with Crippen LogP contribution >= 0.6 is 0 Å². The third-order valence-corrected chi connectivity index (χ3v) is 1.34. The van der Waals surface area contributed by atoms with Crippen LogP contribution in [0, 0.1) is 6.92 Å². The second kappa shape index (κ2) is 2.75. The molecular formula is C7H10O3. The molecule has 0 aliphatic heterocycles. The standard InChI is InChI=1S/C7H10O3/c1-5-3-7(9-2)10-6(5)4-8/h3,8H,4H2,1-2H3. The lowest BCUT2D eigenvalue weighted by Crippen LogP contribution is -1.79. The average Bonchev–Trinajstić information content (AvgIpc) is 2.30. The summed E-state index contributed by atoms with van der Waals surface area (Å²) in [6.45, 7) is 1.78. The van der Waals surface area contributed by atoms with Gasteiger partial charge in [0, 0.05) is 6.07 Å². The van der Waals surface area contributed by atoms with E-state index in [9.17, 15) is 0 Å². The fraction of sp³-hybridized carbons (Fsp3) is 0.429. The molecule has 3 heteroatoms.